The fourth-order valence-electron chi connectivity index (χ4n) is 3.77. The van der Waals surface area contributed by atoms with Gasteiger partial charge in [0.25, 0.3) is 0 Å². The Morgan fingerprint density at radius 1 is 1.04 bits per heavy atom. The summed E-state index contributed by atoms with van der Waals surface area (Å²) in [6.45, 7) is -0.455. The van der Waals surface area contributed by atoms with Crippen molar-refractivity contribution in [1.29, 1.82) is 0 Å². The second-order valence-corrected chi connectivity index (χ2v) is 14.9. The van der Waals surface area contributed by atoms with Gasteiger partial charge in [-0.1, -0.05) is 37.6 Å². The maximum absolute atomic E-state index is 11.5. The molecule has 2 saturated carbocycles. The van der Waals surface area contributed by atoms with Crippen molar-refractivity contribution in [1.82, 2.24) is 0 Å². The molecule has 3 rings (SSSR count). The minimum Gasteiger partial charge on any atom is -0.871 e. The molecule has 0 spiro atoms. The second-order valence-electron chi connectivity index (χ2n) is 7.48. The number of carboxylic acids is 1. The number of carbonyl (C=O) groups excluding carboxylic acids is 1. The van der Waals surface area contributed by atoms with Crippen molar-refractivity contribution < 1.29 is 15.0 Å². The van der Waals surface area contributed by atoms with Crippen molar-refractivity contribution in [3.05, 3.63) is 26.6 Å². The Labute approximate surface area is 195 Å². The second kappa shape index (κ2) is 13.3. The number of hydrogen-bond donors (Lipinski definition) is 0. The monoisotopic (exact) mass is 619 g/mol. The molecule has 2 fully saturated rings. The first-order valence-corrected chi connectivity index (χ1v) is 15.0. The van der Waals surface area contributed by atoms with Gasteiger partial charge in [0.2, 0.25) is 0 Å². The molecule has 0 N–H and O–H groups in total. The maximum Gasteiger partial charge on any atom is 0.0785 e. The zero-order valence-corrected chi connectivity index (χ0v) is 22.1. The molecule has 2 aliphatic carbocycles. The van der Waals surface area contributed by atoms with E-state index in [1.54, 1.807) is 76.3 Å². The van der Waals surface area contributed by atoms with E-state index >= 15 is 0 Å². The topological polar surface area (TPSA) is 75.5 Å². The van der Waals surface area contributed by atoms with Gasteiger partial charge < -0.3 is 15.0 Å². The van der Waals surface area contributed by atoms with Crippen molar-refractivity contribution in [2.45, 2.75) is 72.1 Å². The quantitative estimate of drug-likeness (QED) is 0.356. The molecule has 7 heteroatoms. The van der Waals surface area contributed by atoms with Gasteiger partial charge in [-0.2, -0.15) is 0 Å². The van der Waals surface area contributed by atoms with Crippen molar-refractivity contribution in [2.24, 2.45) is 4.99 Å². The third-order valence-corrected chi connectivity index (χ3v) is 12.2. The Balaban J connectivity index is 0.000000202. The predicted molar refractivity (Wildman–Crippen MR) is 118 cm³/mol. The molecule has 152 valence electrons. The van der Waals surface area contributed by atoms with Crippen LogP contribution in [0.5, 0.6) is 5.75 Å². The van der Waals surface area contributed by atoms with E-state index < -0.39 is 12.5 Å². The van der Waals surface area contributed by atoms with Crippen molar-refractivity contribution in [2.75, 3.05) is 6.54 Å². The van der Waals surface area contributed by atoms with E-state index in [0.717, 1.165) is 0 Å². The van der Waals surface area contributed by atoms with Crippen LogP contribution in [0.25, 0.3) is 0 Å². The minimum atomic E-state index is -1.28. The summed E-state index contributed by atoms with van der Waals surface area (Å²) >= 11 is 6.33. The molecule has 0 atom stereocenters. The number of carboxylic acid groups (broad SMARTS) is 1. The number of benzene rings is 1. The van der Waals surface area contributed by atoms with E-state index in [0.29, 0.717) is 14.5 Å². The fourth-order valence-corrected chi connectivity index (χ4v) is 11.2. The van der Waals surface area contributed by atoms with E-state index in [1.165, 1.54) is 14.1 Å². The van der Waals surface area contributed by atoms with Gasteiger partial charge in [0.05, 0.1) is 12.5 Å². The van der Waals surface area contributed by atoms with Crippen LogP contribution in [-0.2, 0) is 4.79 Å². The normalized spacial score (nSPS) is 18.4. The van der Waals surface area contributed by atoms with Crippen LogP contribution in [0, 0.1) is 0 Å². The van der Waals surface area contributed by atoms with Crippen molar-refractivity contribution in [3.8, 4) is 5.75 Å². The summed E-state index contributed by atoms with van der Waals surface area (Å²) in [6, 6.07) is 3.17. The average molecular weight is 620 g/mol. The molecule has 0 unspecified atom stereocenters. The zero-order chi connectivity index (χ0) is 20.4. The van der Waals surface area contributed by atoms with E-state index in [1.807, 2.05) is 0 Å². The Hall–Kier alpha value is -0.0813. The summed E-state index contributed by atoms with van der Waals surface area (Å²) in [5.41, 5.74) is 0.317. The summed E-state index contributed by atoms with van der Waals surface area (Å²) in [7, 11) is 0. The Morgan fingerprint density at radius 3 is 2.07 bits per heavy atom. The molecule has 1 aromatic carbocycles. The first-order valence-electron chi connectivity index (χ1n) is 10.1. The first-order chi connectivity index (χ1) is 13.5. The van der Waals surface area contributed by atoms with Crippen LogP contribution in [-0.4, -0.2) is 39.9 Å². The van der Waals surface area contributed by atoms with Crippen LogP contribution in [0.15, 0.2) is 26.1 Å². The molecule has 0 amide bonds. The molecule has 1 aromatic rings. The van der Waals surface area contributed by atoms with Gasteiger partial charge in [-0.15, -0.1) is 0 Å². The van der Waals surface area contributed by atoms with Gasteiger partial charge in [-0.3, -0.25) is 4.99 Å². The molecule has 0 aromatic heterocycles. The van der Waals surface area contributed by atoms with Crippen LogP contribution < -0.4 is 10.2 Å². The molecule has 2 aliphatic rings. The summed E-state index contributed by atoms with van der Waals surface area (Å²) in [4.78, 5) is 13.6. The number of halogens is 2. The summed E-state index contributed by atoms with van der Waals surface area (Å²) in [6.07, 6.45) is 17.1. The number of carbonyl (C=O) groups is 1. The molecular formula is C21H27Br2NO3Sn. The zero-order valence-electron chi connectivity index (χ0n) is 16.1. The first kappa shape index (κ1) is 24.2. The third kappa shape index (κ3) is 9.16. The number of rotatable bonds is 5. The van der Waals surface area contributed by atoms with Gasteiger partial charge in [-0.05, 0) is 17.7 Å². The van der Waals surface area contributed by atoms with Gasteiger partial charge >= 0.3 is 93.2 Å². The molecule has 0 aliphatic heterocycles. The number of nitrogens with zero attached hydrogens (tertiary/aromatic N) is 1. The van der Waals surface area contributed by atoms with Crippen LogP contribution in [0.3, 0.4) is 0 Å². The smallest absolute Gasteiger partial charge is 0.0785 e. The third-order valence-electron chi connectivity index (χ3n) is 5.17. The van der Waals surface area contributed by atoms with E-state index in [9.17, 15) is 15.0 Å². The molecule has 0 radical (unpaired) electrons. The van der Waals surface area contributed by atoms with Crippen LogP contribution in [0.2, 0.25) is 7.87 Å². The molecule has 0 bridgehead atoms. The van der Waals surface area contributed by atoms with E-state index in [4.69, 9.17) is 0 Å². The number of hydrogen-bond acceptors (Lipinski definition) is 4. The number of aliphatic imine (C=N–C) groups is 1. The van der Waals surface area contributed by atoms with E-state index in [-0.39, 0.29) is 26.9 Å². The molecule has 4 nitrogen and oxygen atoms in total. The standard InChI is InChI=1S/C9H7Br2NO3.2C6H11.Sn/c10-6-1-5(3-12-4-8(13)14)9(15)7(11)2-6;2*1-2-4-6-5-3-1;/h1-3,15H,4H2,(H,13,14);2*1H,2-6H2;/q;;;+2/p-2. The van der Waals surface area contributed by atoms with Crippen molar-refractivity contribution in [3.63, 3.8) is 0 Å². The largest absolute Gasteiger partial charge is 0.871 e. The summed E-state index contributed by atoms with van der Waals surface area (Å²) in [5.74, 6) is -1.52. The molecule has 0 saturated heterocycles. The SMILES string of the molecule is C1CC[CH]([Sn+2][CH]2CCCCC2)CC1.O=C([O-])CN=Cc1cc(Br)cc(Br)c1[O-]. The van der Waals surface area contributed by atoms with Crippen LogP contribution in [0.4, 0.5) is 0 Å². The van der Waals surface area contributed by atoms with Crippen LogP contribution >= 0.6 is 31.9 Å². The molecule has 0 heterocycles. The Kier molecular flexibility index (Phi) is 11.5. The maximum atomic E-state index is 11.5. The van der Waals surface area contributed by atoms with Gasteiger partial charge in [0.1, 0.15) is 0 Å². The summed E-state index contributed by atoms with van der Waals surface area (Å²) in [5, 5.41) is 21.6. The van der Waals surface area contributed by atoms with Crippen molar-refractivity contribution >= 4 is 65.2 Å². The molecular weight excluding hydrogens is 593 g/mol. The Morgan fingerprint density at radius 2 is 1.57 bits per heavy atom. The number of aliphatic carboxylic acids is 1. The fraction of sp³-hybridized carbons (Fsp3) is 0.619. The minimum absolute atomic E-state index is 0.0367. The van der Waals surface area contributed by atoms with Gasteiger partial charge in [0.15, 0.2) is 0 Å². The average Bonchev–Trinajstić information content (AvgIpc) is 2.67. The molecule has 28 heavy (non-hydrogen) atoms. The Bertz CT molecular complexity index is 641. The predicted octanol–water partition coefficient (Wildman–Crippen LogP) is 4.65. The van der Waals surface area contributed by atoms with E-state index in [2.05, 4.69) is 36.9 Å². The van der Waals surface area contributed by atoms with Crippen LogP contribution in [0.1, 0.15) is 69.8 Å². The van der Waals surface area contributed by atoms with Gasteiger partial charge in [-0.25, -0.2) is 0 Å². The van der Waals surface area contributed by atoms with Gasteiger partial charge in [0, 0.05) is 15.2 Å². The summed E-state index contributed by atoms with van der Waals surface area (Å²) < 4.78 is 3.69.